The van der Waals surface area contributed by atoms with Crippen molar-refractivity contribution in [3.63, 3.8) is 0 Å². The van der Waals surface area contributed by atoms with Crippen molar-refractivity contribution in [1.82, 2.24) is 10.2 Å². The molecule has 1 heterocycles. The van der Waals surface area contributed by atoms with Crippen LogP contribution in [0.15, 0.2) is 18.2 Å². The monoisotopic (exact) mass is 232 g/mol. The fraction of sp³-hybridized carbons (Fsp3) is 0.500. The summed E-state index contributed by atoms with van der Waals surface area (Å²) in [7, 11) is 0. The molecule has 0 spiro atoms. The van der Waals surface area contributed by atoms with Crippen molar-refractivity contribution >= 4 is 5.91 Å². The highest BCUT2D eigenvalue weighted by atomic mass is 16.2. The lowest BCUT2D eigenvalue weighted by Crippen LogP contribution is -2.34. The van der Waals surface area contributed by atoms with Gasteiger partial charge in [-0.1, -0.05) is 12.1 Å². The molecule has 3 nitrogen and oxygen atoms in total. The van der Waals surface area contributed by atoms with E-state index in [1.807, 2.05) is 24.0 Å². The molecular weight excluding hydrogens is 212 g/mol. The Morgan fingerprint density at radius 3 is 2.88 bits per heavy atom. The number of carbonyl (C=O) groups excluding carboxylic acids is 1. The summed E-state index contributed by atoms with van der Waals surface area (Å²) in [6, 6.07) is 5.95. The molecule has 92 valence electrons. The lowest BCUT2D eigenvalue weighted by molar-refractivity contribution is 0.0765. The summed E-state index contributed by atoms with van der Waals surface area (Å²) in [6.45, 7) is 7.66. The van der Waals surface area contributed by atoms with E-state index in [2.05, 4.69) is 18.3 Å². The average molecular weight is 232 g/mol. The molecule has 1 aromatic carbocycles. The van der Waals surface area contributed by atoms with E-state index in [1.165, 1.54) is 5.56 Å². The quantitative estimate of drug-likeness (QED) is 0.800. The van der Waals surface area contributed by atoms with Gasteiger partial charge in [-0.2, -0.15) is 0 Å². The number of carbonyl (C=O) groups is 1. The number of nitrogens with one attached hydrogen (secondary N) is 1. The maximum Gasteiger partial charge on any atom is 0.254 e. The molecule has 0 bridgehead atoms. The normalized spacial score (nSPS) is 16.7. The first-order valence-electron chi connectivity index (χ1n) is 6.26. The summed E-state index contributed by atoms with van der Waals surface area (Å²) in [6.07, 6.45) is 1.04. The fourth-order valence-corrected chi connectivity index (χ4v) is 2.20. The molecule has 3 heteroatoms. The third-order valence-corrected chi connectivity index (χ3v) is 3.46. The highest BCUT2D eigenvalue weighted by molar-refractivity contribution is 5.96. The zero-order valence-corrected chi connectivity index (χ0v) is 10.6. The summed E-state index contributed by atoms with van der Waals surface area (Å²) in [4.78, 5) is 14.4. The van der Waals surface area contributed by atoms with Crippen molar-refractivity contribution in [3.8, 4) is 0 Å². The Morgan fingerprint density at radius 1 is 1.24 bits per heavy atom. The van der Waals surface area contributed by atoms with Crippen LogP contribution in [0.5, 0.6) is 0 Å². The van der Waals surface area contributed by atoms with E-state index in [-0.39, 0.29) is 5.91 Å². The number of benzene rings is 1. The van der Waals surface area contributed by atoms with E-state index < -0.39 is 0 Å². The molecule has 0 unspecified atom stereocenters. The van der Waals surface area contributed by atoms with Crippen LogP contribution in [0.2, 0.25) is 0 Å². The molecule has 1 aromatic rings. The molecule has 0 saturated carbocycles. The molecule has 1 amide bonds. The van der Waals surface area contributed by atoms with Crippen molar-refractivity contribution in [3.05, 3.63) is 34.9 Å². The van der Waals surface area contributed by atoms with Gasteiger partial charge in [-0.15, -0.1) is 0 Å². The van der Waals surface area contributed by atoms with Gasteiger partial charge in [0.25, 0.3) is 5.91 Å². The van der Waals surface area contributed by atoms with E-state index in [4.69, 9.17) is 0 Å². The van der Waals surface area contributed by atoms with Crippen molar-refractivity contribution in [2.75, 3.05) is 26.2 Å². The van der Waals surface area contributed by atoms with E-state index in [1.54, 1.807) is 0 Å². The van der Waals surface area contributed by atoms with Crippen LogP contribution in [-0.2, 0) is 0 Å². The number of aryl methyl sites for hydroxylation is 1. The Morgan fingerprint density at radius 2 is 2.06 bits per heavy atom. The van der Waals surface area contributed by atoms with Crippen LogP contribution in [0.1, 0.15) is 27.9 Å². The lowest BCUT2D eigenvalue weighted by Gasteiger charge is -2.21. The molecule has 1 fully saturated rings. The topological polar surface area (TPSA) is 32.3 Å². The summed E-state index contributed by atoms with van der Waals surface area (Å²) < 4.78 is 0. The van der Waals surface area contributed by atoms with Crippen molar-refractivity contribution in [2.24, 2.45) is 0 Å². The highest BCUT2D eigenvalue weighted by Crippen LogP contribution is 2.15. The van der Waals surface area contributed by atoms with Gasteiger partial charge < -0.3 is 10.2 Å². The second-order valence-electron chi connectivity index (χ2n) is 4.64. The summed E-state index contributed by atoms with van der Waals surface area (Å²) in [5, 5.41) is 3.32. The number of hydrogen-bond acceptors (Lipinski definition) is 2. The first-order valence-corrected chi connectivity index (χ1v) is 6.26. The van der Waals surface area contributed by atoms with Crippen molar-refractivity contribution < 1.29 is 4.79 Å². The molecule has 0 atom stereocenters. The van der Waals surface area contributed by atoms with Gasteiger partial charge in [0.1, 0.15) is 0 Å². The average Bonchev–Trinajstić information content (AvgIpc) is 2.60. The third-order valence-electron chi connectivity index (χ3n) is 3.46. The van der Waals surface area contributed by atoms with Gasteiger partial charge in [0.2, 0.25) is 0 Å². The smallest absolute Gasteiger partial charge is 0.254 e. The second kappa shape index (κ2) is 5.32. The standard InChI is InChI=1S/C14H20N2O/c1-11-5-3-6-13(12(11)2)14(17)16-9-4-7-15-8-10-16/h3,5-6,15H,4,7-10H2,1-2H3. The first-order chi connectivity index (χ1) is 8.20. The van der Waals surface area contributed by atoms with Gasteiger partial charge in [0.15, 0.2) is 0 Å². The predicted molar refractivity (Wildman–Crippen MR) is 69.3 cm³/mol. The van der Waals surface area contributed by atoms with E-state index in [0.29, 0.717) is 0 Å². The van der Waals surface area contributed by atoms with Crippen LogP contribution in [0.4, 0.5) is 0 Å². The minimum Gasteiger partial charge on any atom is -0.337 e. The SMILES string of the molecule is Cc1cccc(C(=O)N2CCCNCC2)c1C. The Labute approximate surface area is 103 Å². The van der Waals surface area contributed by atoms with E-state index in [9.17, 15) is 4.79 Å². The van der Waals surface area contributed by atoms with E-state index in [0.717, 1.165) is 43.7 Å². The number of nitrogens with zero attached hydrogens (tertiary/aromatic N) is 1. The van der Waals surface area contributed by atoms with Gasteiger partial charge in [-0.25, -0.2) is 0 Å². The van der Waals surface area contributed by atoms with Crippen LogP contribution in [-0.4, -0.2) is 37.0 Å². The highest BCUT2D eigenvalue weighted by Gasteiger charge is 2.18. The number of amides is 1. The summed E-state index contributed by atoms with van der Waals surface area (Å²) in [5.74, 6) is 0.176. The number of hydrogen-bond donors (Lipinski definition) is 1. The Kier molecular flexibility index (Phi) is 3.79. The molecule has 0 aliphatic carbocycles. The zero-order chi connectivity index (χ0) is 12.3. The van der Waals surface area contributed by atoms with Crippen LogP contribution in [0.3, 0.4) is 0 Å². The summed E-state index contributed by atoms with van der Waals surface area (Å²) in [5.41, 5.74) is 3.14. The predicted octanol–water partition coefficient (Wildman–Crippen LogP) is 1.74. The van der Waals surface area contributed by atoms with Crippen molar-refractivity contribution in [2.45, 2.75) is 20.3 Å². The minimum absolute atomic E-state index is 0.176. The maximum absolute atomic E-state index is 12.4. The fourth-order valence-electron chi connectivity index (χ4n) is 2.20. The van der Waals surface area contributed by atoms with Crippen LogP contribution >= 0.6 is 0 Å². The molecular formula is C14H20N2O. The maximum atomic E-state index is 12.4. The van der Waals surface area contributed by atoms with Gasteiger partial charge in [0, 0.05) is 25.2 Å². The lowest BCUT2D eigenvalue weighted by atomic mass is 10.0. The first kappa shape index (κ1) is 12.1. The van der Waals surface area contributed by atoms with Crippen LogP contribution < -0.4 is 5.32 Å². The number of rotatable bonds is 1. The Hall–Kier alpha value is -1.35. The van der Waals surface area contributed by atoms with Crippen LogP contribution in [0.25, 0.3) is 0 Å². The van der Waals surface area contributed by atoms with Gasteiger partial charge >= 0.3 is 0 Å². The second-order valence-corrected chi connectivity index (χ2v) is 4.64. The molecule has 1 aliphatic rings. The molecule has 1 N–H and O–H groups in total. The van der Waals surface area contributed by atoms with Crippen molar-refractivity contribution in [1.29, 1.82) is 0 Å². The summed E-state index contributed by atoms with van der Waals surface area (Å²) >= 11 is 0. The molecule has 0 aromatic heterocycles. The molecule has 17 heavy (non-hydrogen) atoms. The zero-order valence-electron chi connectivity index (χ0n) is 10.6. The largest absolute Gasteiger partial charge is 0.337 e. The molecule has 1 saturated heterocycles. The molecule has 2 rings (SSSR count). The Balaban J connectivity index is 2.20. The third kappa shape index (κ3) is 2.67. The van der Waals surface area contributed by atoms with E-state index >= 15 is 0 Å². The molecule has 1 aliphatic heterocycles. The minimum atomic E-state index is 0.176. The van der Waals surface area contributed by atoms with Crippen LogP contribution in [0, 0.1) is 13.8 Å². The van der Waals surface area contributed by atoms with Gasteiger partial charge in [-0.05, 0) is 44.0 Å². The molecule has 0 radical (unpaired) electrons. The Bertz CT molecular complexity index is 407. The van der Waals surface area contributed by atoms with Gasteiger partial charge in [0.05, 0.1) is 0 Å². The van der Waals surface area contributed by atoms with Gasteiger partial charge in [-0.3, -0.25) is 4.79 Å².